The van der Waals surface area contributed by atoms with Crippen molar-refractivity contribution in [3.05, 3.63) is 69.4 Å². The summed E-state index contributed by atoms with van der Waals surface area (Å²) in [5, 5.41) is 23.3. The fraction of sp³-hybridized carbons (Fsp3) is 0.345. The number of hydrogen-bond donors (Lipinski definition) is 4. The Morgan fingerprint density at radius 1 is 1.24 bits per heavy atom. The molecule has 4 heterocycles. The number of nitrogens with zero attached hydrogens (tertiary/aromatic N) is 4. The summed E-state index contributed by atoms with van der Waals surface area (Å²) >= 11 is 6.92. The summed E-state index contributed by atoms with van der Waals surface area (Å²) in [4.78, 5) is 40.4. The van der Waals surface area contributed by atoms with Crippen LogP contribution in [0.25, 0.3) is 27.9 Å². The van der Waals surface area contributed by atoms with Gasteiger partial charge >= 0.3 is 5.97 Å². The van der Waals surface area contributed by atoms with Crippen molar-refractivity contribution in [1.29, 1.82) is 0 Å². The summed E-state index contributed by atoms with van der Waals surface area (Å²) in [6.45, 7) is 2.82. The number of carbonyl (C=O) groups excluding carboxylic acids is 1. The van der Waals surface area contributed by atoms with E-state index >= 15 is 0 Å². The molecule has 1 aliphatic rings. The van der Waals surface area contributed by atoms with Crippen LogP contribution in [0.1, 0.15) is 31.2 Å². The predicted molar refractivity (Wildman–Crippen MR) is 157 cm³/mol. The Labute approximate surface area is 246 Å². The number of ether oxygens (including phenoxy) is 1. The molecule has 0 bridgehead atoms. The average Bonchev–Trinajstić information content (AvgIpc) is 3.60. The maximum atomic E-state index is 13.1. The van der Waals surface area contributed by atoms with E-state index in [4.69, 9.17) is 26.4 Å². The third kappa shape index (κ3) is 6.01. The molecule has 12 nitrogen and oxygen atoms in total. The van der Waals surface area contributed by atoms with Crippen LogP contribution in [0.4, 0.5) is 0 Å². The van der Waals surface area contributed by atoms with Gasteiger partial charge in [0.1, 0.15) is 17.4 Å². The van der Waals surface area contributed by atoms with Crippen molar-refractivity contribution in [2.24, 2.45) is 7.05 Å². The number of benzene rings is 1. The van der Waals surface area contributed by atoms with Crippen molar-refractivity contribution in [3.8, 4) is 28.3 Å². The fourth-order valence-corrected chi connectivity index (χ4v) is 5.23. The van der Waals surface area contributed by atoms with Crippen LogP contribution in [0.15, 0.2) is 47.4 Å². The first-order chi connectivity index (χ1) is 20.2. The van der Waals surface area contributed by atoms with Crippen molar-refractivity contribution in [2.75, 3.05) is 13.7 Å². The largest absolute Gasteiger partial charge is 0.481 e. The van der Waals surface area contributed by atoms with E-state index in [9.17, 15) is 14.4 Å². The van der Waals surface area contributed by atoms with Crippen LogP contribution in [0.3, 0.4) is 0 Å². The van der Waals surface area contributed by atoms with Gasteiger partial charge < -0.3 is 20.5 Å². The maximum Gasteiger partial charge on any atom is 0.320 e. The predicted octanol–water partition coefficient (Wildman–Crippen LogP) is 2.35. The summed E-state index contributed by atoms with van der Waals surface area (Å²) < 4.78 is 8.46. The molecule has 0 radical (unpaired) electrons. The Bertz CT molecular complexity index is 1720. The molecule has 0 unspecified atom stereocenters. The molecule has 0 spiro atoms. The van der Waals surface area contributed by atoms with Crippen LogP contribution in [-0.2, 0) is 29.7 Å². The number of aliphatic carboxylic acids is 1. The fourth-order valence-electron chi connectivity index (χ4n) is 4.90. The topological polar surface area (TPSA) is 152 Å². The Balaban J connectivity index is 1.40. The van der Waals surface area contributed by atoms with Crippen LogP contribution in [-0.4, -0.2) is 61.9 Å². The van der Waals surface area contributed by atoms with Crippen LogP contribution >= 0.6 is 11.6 Å². The number of carboxylic acids is 1. The number of pyridine rings is 1. The summed E-state index contributed by atoms with van der Waals surface area (Å²) in [5.74, 6) is -0.0479. The SMILES string of the molecule is COc1nc(-c2cccc(-c3cc4c(=O)n(C)c(CN[C@@H](C)C(=O)O)nn4c3)c2Cl)ccc1CNC[C@@H]1CCC(=O)N1. The normalized spacial score (nSPS) is 15.6. The van der Waals surface area contributed by atoms with Gasteiger partial charge in [-0.1, -0.05) is 35.9 Å². The van der Waals surface area contributed by atoms with E-state index in [1.54, 1.807) is 26.4 Å². The number of rotatable bonds is 11. The zero-order valence-electron chi connectivity index (χ0n) is 23.5. The monoisotopic (exact) mass is 593 g/mol. The van der Waals surface area contributed by atoms with E-state index < -0.39 is 12.0 Å². The molecule has 1 saturated heterocycles. The second kappa shape index (κ2) is 12.3. The molecule has 0 saturated carbocycles. The first-order valence-corrected chi connectivity index (χ1v) is 13.9. The lowest BCUT2D eigenvalue weighted by Crippen LogP contribution is -2.36. The van der Waals surface area contributed by atoms with Crippen LogP contribution < -0.4 is 26.2 Å². The molecule has 1 aromatic carbocycles. The molecule has 3 aromatic heterocycles. The standard InChI is InChI=1S/C29H32ClN7O5/c1-16(29(40)41)32-14-24-35-37-15-18(11-23(37)28(39)36(24)2)20-5-4-6-21(26(20)30)22-9-7-17(27(34-22)42-3)12-31-13-19-8-10-25(38)33-19/h4-7,9,11,15-16,19,31-32H,8,10,12-14H2,1-3H3,(H,33,38)(H,40,41)/t16-,19-/m0/s1. The van der Waals surface area contributed by atoms with E-state index in [1.165, 1.54) is 16.0 Å². The number of carbonyl (C=O) groups is 2. The number of hydrogen-bond acceptors (Lipinski definition) is 8. The number of fused-ring (bicyclic) bond motifs is 1. The van der Waals surface area contributed by atoms with Crippen molar-refractivity contribution in [1.82, 2.24) is 35.1 Å². The van der Waals surface area contributed by atoms with Crippen molar-refractivity contribution in [2.45, 2.75) is 44.9 Å². The average molecular weight is 594 g/mol. The highest BCUT2D eigenvalue weighted by Crippen LogP contribution is 2.37. The van der Waals surface area contributed by atoms with Gasteiger partial charge in [0.25, 0.3) is 5.56 Å². The van der Waals surface area contributed by atoms with E-state index in [-0.39, 0.29) is 24.1 Å². The Hall–Kier alpha value is -4.26. The summed E-state index contributed by atoms with van der Waals surface area (Å²) in [6.07, 6.45) is 3.10. The highest BCUT2D eigenvalue weighted by Gasteiger charge is 2.21. The molecule has 1 amide bonds. The molecule has 4 aromatic rings. The summed E-state index contributed by atoms with van der Waals surface area (Å²) in [6, 6.07) is 10.5. The molecule has 13 heteroatoms. The first-order valence-electron chi connectivity index (χ1n) is 13.5. The molecule has 1 aliphatic heterocycles. The third-order valence-electron chi connectivity index (χ3n) is 7.38. The quantitative estimate of drug-likeness (QED) is 0.205. The molecule has 1 fully saturated rings. The van der Waals surface area contributed by atoms with Gasteiger partial charge in [-0.15, -0.1) is 0 Å². The van der Waals surface area contributed by atoms with Gasteiger partial charge in [-0.2, -0.15) is 5.10 Å². The number of amides is 1. The minimum absolute atomic E-state index is 0.0846. The van der Waals surface area contributed by atoms with E-state index in [0.717, 1.165) is 12.0 Å². The van der Waals surface area contributed by atoms with Crippen LogP contribution in [0, 0.1) is 0 Å². The number of halogens is 1. The summed E-state index contributed by atoms with van der Waals surface area (Å²) in [7, 11) is 3.17. The number of carboxylic acid groups (broad SMARTS) is 1. The molecule has 0 aliphatic carbocycles. The maximum absolute atomic E-state index is 13.1. The Morgan fingerprint density at radius 3 is 2.74 bits per heavy atom. The highest BCUT2D eigenvalue weighted by molar-refractivity contribution is 6.36. The van der Waals surface area contributed by atoms with Gasteiger partial charge in [-0.3, -0.25) is 24.3 Å². The molecule has 42 heavy (non-hydrogen) atoms. The molecule has 2 atom stereocenters. The number of aromatic nitrogens is 4. The van der Waals surface area contributed by atoms with Gasteiger partial charge in [0.2, 0.25) is 11.8 Å². The lowest BCUT2D eigenvalue weighted by molar-refractivity contribution is -0.139. The minimum Gasteiger partial charge on any atom is -0.481 e. The molecular formula is C29H32ClN7O5. The van der Waals surface area contributed by atoms with E-state index in [1.807, 2.05) is 30.3 Å². The minimum atomic E-state index is -0.993. The van der Waals surface area contributed by atoms with Gasteiger partial charge in [-0.25, -0.2) is 9.50 Å². The second-order valence-corrected chi connectivity index (χ2v) is 10.6. The third-order valence-corrected chi connectivity index (χ3v) is 7.79. The molecule has 4 N–H and O–H groups in total. The van der Waals surface area contributed by atoms with Gasteiger partial charge in [0.15, 0.2) is 0 Å². The zero-order valence-corrected chi connectivity index (χ0v) is 24.2. The van der Waals surface area contributed by atoms with Crippen LogP contribution in [0.2, 0.25) is 5.02 Å². The first kappa shape index (κ1) is 29.2. The van der Waals surface area contributed by atoms with Gasteiger partial charge in [0, 0.05) is 61.1 Å². The molecule has 5 rings (SSSR count). The second-order valence-electron chi connectivity index (χ2n) is 10.2. The lowest BCUT2D eigenvalue weighted by atomic mass is 10.0. The highest BCUT2D eigenvalue weighted by atomic mass is 35.5. The van der Waals surface area contributed by atoms with Crippen molar-refractivity contribution in [3.63, 3.8) is 0 Å². The van der Waals surface area contributed by atoms with Gasteiger partial charge in [0.05, 0.1) is 24.4 Å². The molecule has 220 valence electrons. The number of nitrogens with one attached hydrogen (secondary N) is 3. The number of methoxy groups -OCH3 is 1. The molecular weight excluding hydrogens is 562 g/mol. The summed E-state index contributed by atoms with van der Waals surface area (Å²) in [5.41, 5.74) is 3.69. The zero-order chi connectivity index (χ0) is 30.0. The van der Waals surface area contributed by atoms with Crippen LogP contribution in [0.5, 0.6) is 5.88 Å². The van der Waals surface area contributed by atoms with Crippen molar-refractivity contribution < 1.29 is 19.4 Å². The smallest absolute Gasteiger partial charge is 0.320 e. The van der Waals surface area contributed by atoms with E-state index in [2.05, 4.69) is 21.0 Å². The lowest BCUT2D eigenvalue weighted by Gasteiger charge is -2.14. The van der Waals surface area contributed by atoms with Gasteiger partial charge in [-0.05, 0) is 25.5 Å². The Morgan fingerprint density at radius 2 is 2.02 bits per heavy atom. The van der Waals surface area contributed by atoms with E-state index in [0.29, 0.717) is 64.1 Å². The van der Waals surface area contributed by atoms with Crippen molar-refractivity contribution >= 4 is 29.0 Å². The Kier molecular flexibility index (Phi) is 8.57.